The van der Waals surface area contributed by atoms with Gasteiger partial charge in [-0.2, -0.15) is 0 Å². The van der Waals surface area contributed by atoms with Gasteiger partial charge in [-0.1, -0.05) is 0 Å². The second-order valence-corrected chi connectivity index (χ2v) is 6.19. The Labute approximate surface area is 116 Å². The lowest BCUT2D eigenvalue weighted by atomic mass is 9.83. The van der Waals surface area contributed by atoms with Crippen LogP contribution in [0, 0.1) is 5.92 Å². The largest absolute Gasteiger partial charge is 0.303 e. The molecule has 110 valence electrons. The Balaban J connectivity index is 1.81. The molecule has 2 saturated heterocycles. The molecule has 3 N–H and O–H groups in total. The van der Waals surface area contributed by atoms with Gasteiger partial charge in [0.05, 0.1) is 0 Å². The summed E-state index contributed by atoms with van der Waals surface area (Å²) in [5, 5.41) is 0. The number of hydrogen-bond acceptors (Lipinski definition) is 4. The van der Waals surface area contributed by atoms with Gasteiger partial charge in [0.2, 0.25) is 5.91 Å². The Kier molecular flexibility index (Phi) is 5.19. The van der Waals surface area contributed by atoms with Crippen LogP contribution in [0.25, 0.3) is 0 Å². The summed E-state index contributed by atoms with van der Waals surface area (Å²) in [6, 6.07) is 1.26. The van der Waals surface area contributed by atoms with Gasteiger partial charge < -0.3 is 9.80 Å². The van der Waals surface area contributed by atoms with E-state index in [4.69, 9.17) is 5.84 Å². The first kappa shape index (κ1) is 14.8. The lowest BCUT2D eigenvalue weighted by molar-refractivity contribution is -0.121. The first-order valence-corrected chi connectivity index (χ1v) is 7.55. The van der Waals surface area contributed by atoms with Crippen LogP contribution in [0.5, 0.6) is 0 Å². The van der Waals surface area contributed by atoms with Crippen LogP contribution in [-0.4, -0.2) is 54.5 Å². The van der Waals surface area contributed by atoms with E-state index >= 15 is 0 Å². The number of likely N-dealkylation sites (tertiary alicyclic amines) is 2. The summed E-state index contributed by atoms with van der Waals surface area (Å²) < 4.78 is 0. The van der Waals surface area contributed by atoms with E-state index in [2.05, 4.69) is 29.2 Å². The minimum Gasteiger partial charge on any atom is -0.303 e. The summed E-state index contributed by atoms with van der Waals surface area (Å²) in [5.74, 6) is 5.88. The second-order valence-electron chi connectivity index (χ2n) is 6.19. The molecule has 1 amide bonds. The number of carbonyl (C=O) groups excluding carboxylic acids is 1. The predicted molar refractivity (Wildman–Crippen MR) is 76.4 cm³/mol. The third-order valence-corrected chi connectivity index (χ3v) is 4.95. The van der Waals surface area contributed by atoms with Crippen LogP contribution >= 0.6 is 0 Å². The van der Waals surface area contributed by atoms with Crippen molar-refractivity contribution in [1.82, 2.24) is 15.2 Å². The zero-order valence-corrected chi connectivity index (χ0v) is 12.3. The maximum atomic E-state index is 11.2. The van der Waals surface area contributed by atoms with E-state index in [1.807, 2.05) is 0 Å². The van der Waals surface area contributed by atoms with Gasteiger partial charge in [0.25, 0.3) is 0 Å². The number of piperidine rings is 2. The molecule has 2 rings (SSSR count). The monoisotopic (exact) mass is 268 g/mol. The lowest BCUT2D eigenvalue weighted by Crippen LogP contribution is -2.54. The van der Waals surface area contributed by atoms with Crippen LogP contribution in [0.3, 0.4) is 0 Å². The van der Waals surface area contributed by atoms with Crippen molar-refractivity contribution in [3.63, 3.8) is 0 Å². The molecule has 2 heterocycles. The van der Waals surface area contributed by atoms with Crippen molar-refractivity contribution in [2.45, 2.75) is 51.1 Å². The summed E-state index contributed by atoms with van der Waals surface area (Å²) in [6.07, 6.45) is 5.39. The number of amides is 1. The summed E-state index contributed by atoms with van der Waals surface area (Å²) in [6.45, 7) is 5.85. The highest BCUT2D eigenvalue weighted by Crippen LogP contribution is 2.30. The molecular formula is C14H28N4O. The molecule has 2 aliphatic rings. The summed E-state index contributed by atoms with van der Waals surface area (Å²) in [7, 11) is 2.27. The Morgan fingerprint density at radius 1 is 1.42 bits per heavy atom. The minimum atomic E-state index is -0.0564. The van der Waals surface area contributed by atoms with E-state index in [-0.39, 0.29) is 5.91 Å². The van der Waals surface area contributed by atoms with E-state index in [1.165, 1.54) is 32.4 Å². The second kappa shape index (κ2) is 6.68. The molecule has 0 aromatic heterocycles. The van der Waals surface area contributed by atoms with Crippen LogP contribution in [0.4, 0.5) is 0 Å². The highest BCUT2D eigenvalue weighted by molar-refractivity contribution is 5.75. The van der Waals surface area contributed by atoms with Crippen LogP contribution in [0.1, 0.15) is 39.0 Å². The molecular weight excluding hydrogens is 240 g/mol. The first-order chi connectivity index (χ1) is 9.11. The molecule has 0 aliphatic carbocycles. The average molecular weight is 268 g/mol. The standard InChI is InChI=1S/C14H28N4O/c1-11(5-6-14(19)16-15)18-9-7-13-12(10-18)4-3-8-17(13)2/h11-13H,3-10,15H2,1-2H3,(H,16,19). The SMILES string of the molecule is CC(CCC(=O)NN)N1CCC2C(CCCN2C)C1. The van der Waals surface area contributed by atoms with E-state index in [9.17, 15) is 4.79 Å². The highest BCUT2D eigenvalue weighted by Gasteiger charge is 2.35. The number of rotatable bonds is 4. The molecule has 0 aromatic rings. The van der Waals surface area contributed by atoms with Crippen LogP contribution < -0.4 is 11.3 Å². The molecule has 2 fully saturated rings. The van der Waals surface area contributed by atoms with E-state index in [0.717, 1.165) is 24.9 Å². The number of fused-ring (bicyclic) bond motifs is 1. The quantitative estimate of drug-likeness (QED) is 0.444. The van der Waals surface area contributed by atoms with Crippen molar-refractivity contribution in [3.05, 3.63) is 0 Å². The number of nitrogens with one attached hydrogen (secondary N) is 1. The van der Waals surface area contributed by atoms with Crippen molar-refractivity contribution < 1.29 is 4.79 Å². The maximum Gasteiger partial charge on any atom is 0.233 e. The van der Waals surface area contributed by atoms with Crippen molar-refractivity contribution in [2.75, 3.05) is 26.7 Å². The van der Waals surface area contributed by atoms with Crippen molar-refractivity contribution in [3.8, 4) is 0 Å². The molecule has 19 heavy (non-hydrogen) atoms. The zero-order valence-electron chi connectivity index (χ0n) is 12.3. The van der Waals surface area contributed by atoms with Gasteiger partial charge in [0.15, 0.2) is 0 Å². The van der Waals surface area contributed by atoms with Gasteiger partial charge in [-0.25, -0.2) is 5.84 Å². The van der Waals surface area contributed by atoms with Crippen LogP contribution in [0.15, 0.2) is 0 Å². The van der Waals surface area contributed by atoms with E-state index in [0.29, 0.717) is 12.5 Å². The van der Waals surface area contributed by atoms with Gasteiger partial charge in [-0.15, -0.1) is 0 Å². The Morgan fingerprint density at radius 2 is 2.21 bits per heavy atom. The minimum absolute atomic E-state index is 0.0564. The molecule has 0 bridgehead atoms. The molecule has 0 radical (unpaired) electrons. The highest BCUT2D eigenvalue weighted by atomic mass is 16.2. The topological polar surface area (TPSA) is 61.6 Å². The Morgan fingerprint density at radius 3 is 2.95 bits per heavy atom. The van der Waals surface area contributed by atoms with Crippen molar-refractivity contribution in [2.24, 2.45) is 11.8 Å². The van der Waals surface area contributed by atoms with Gasteiger partial charge in [-0.3, -0.25) is 10.2 Å². The van der Waals surface area contributed by atoms with Gasteiger partial charge >= 0.3 is 0 Å². The molecule has 3 unspecified atom stereocenters. The number of hydrazine groups is 1. The number of carbonyl (C=O) groups is 1. The molecule has 2 aliphatic heterocycles. The molecule has 0 saturated carbocycles. The summed E-state index contributed by atoms with van der Waals surface area (Å²) >= 11 is 0. The van der Waals surface area contributed by atoms with Crippen LogP contribution in [-0.2, 0) is 4.79 Å². The van der Waals surface area contributed by atoms with Gasteiger partial charge in [0, 0.05) is 25.0 Å². The molecule has 0 aromatic carbocycles. The Hall–Kier alpha value is -0.650. The zero-order chi connectivity index (χ0) is 13.8. The maximum absolute atomic E-state index is 11.2. The lowest BCUT2D eigenvalue weighted by Gasteiger charge is -2.47. The summed E-state index contributed by atoms with van der Waals surface area (Å²) in [4.78, 5) is 16.3. The predicted octanol–water partition coefficient (Wildman–Crippen LogP) is 0.561. The normalized spacial score (nSPS) is 30.7. The molecule has 0 spiro atoms. The average Bonchev–Trinajstić information content (AvgIpc) is 2.44. The fourth-order valence-corrected chi connectivity index (χ4v) is 3.68. The van der Waals surface area contributed by atoms with Crippen molar-refractivity contribution in [1.29, 1.82) is 0 Å². The number of nitrogens with zero attached hydrogens (tertiary/aromatic N) is 2. The first-order valence-electron chi connectivity index (χ1n) is 7.55. The fourth-order valence-electron chi connectivity index (χ4n) is 3.68. The van der Waals surface area contributed by atoms with Crippen LogP contribution in [0.2, 0.25) is 0 Å². The van der Waals surface area contributed by atoms with Gasteiger partial charge in [0.1, 0.15) is 0 Å². The molecule has 3 atom stereocenters. The Bertz CT molecular complexity index is 310. The smallest absolute Gasteiger partial charge is 0.233 e. The molecule has 5 heteroatoms. The fraction of sp³-hybridized carbons (Fsp3) is 0.929. The van der Waals surface area contributed by atoms with E-state index in [1.54, 1.807) is 0 Å². The number of nitrogens with two attached hydrogens (primary N) is 1. The third kappa shape index (κ3) is 3.68. The summed E-state index contributed by atoms with van der Waals surface area (Å²) in [5.41, 5.74) is 2.21. The van der Waals surface area contributed by atoms with Gasteiger partial charge in [-0.05, 0) is 58.7 Å². The third-order valence-electron chi connectivity index (χ3n) is 4.95. The number of hydrogen-bond donors (Lipinski definition) is 2. The van der Waals surface area contributed by atoms with Crippen molar-refractivity contribution >= 4 is 5.91 Å². The van der Waals surface area contributed by atoms with E-state index < -0.39 is 0 Å². The molecule has 5 nitrogen and oxygen atoms in total.